The maximum atomic E-state index is 12.0. The van der Waals surface area contributed by atoms with E-state index < -0.39 is 5.97 Å². The second kappa shape index (κ2) is 8.73. The average Bonchev–Trinajstić information content (AvgIpc) is 2.47. The molecule has 22 heavy (non-hydrogen) atoms. The molecule has 0 spiro atoms. The Balaban J connectivity index is 3.01. The highest BCUT2D eigenvalue weighted by molar-refractivity contribution is 7.80. The van der Waals surface area contributed by atoms with Crippen molar-refractivity contribution in [1.82, 2.24) is 5.43 Å². The summed E-state index contributed by atoms with van der Waals surface area (Å²) in [6.45, 7) is 5.47. The van der Waals surface area contributed by atoms with Gasteiger partial charge in [0.2, 0.25) is 0 Å². The van der Waals surface area contributed by atoms with Crippen molar-refractivity contribution in [3.63, 3.8) is 0 Å². The Morgan fingerprint density at radius 3 is 2.64 bits per heavy atom. The van der Waals surface area contributed by atoms with Crippen LogP contribution in [0.4, 0.5) is 5.69 Å². The van der Waals surface area contributed by atoms with E-state index in [0.29, 0.717) is 5.71 Å². The van der Waals surface area contributed by atoms with Gasteiger partial charge >= 0.3 is 5.97 Å². The molecule has 0 saturated carbocycles. The van der Waals surface area contributed by atoms with Crippen LogP contribution in [0, 0.1) is 6.92 Å². The summed E-state index contributed by atoms with van der Waals surface area (Å²) < 4.78 is 4.97. The lowest BCUT2D eigenvalue weighted by Gasteiger charge is -2.08. The smallest absolute Gasteiger partial charge is 0.360 e. The highest BCUT2D eigenvalue weighted by Gasteiger charge is 2.17. The molecule has 7 nitrogen and oxygen atoms in total. The Kier molecular flexibility index (Phi) is 6.97. The highest BCUT2D eigenvalue weighted by Crippen LogP contribution is 2.13. The minimum Gasteiger partial charge on any atom is -0.461 e. The van der Waals surface area contributed by atoms with Crippen molar-refractivity contribution in [2.45, 2.75) is 20.8 Å². The molecule has 0 aliphatic rings. The van der Waals surface area contributed by atoms with Crippen LogP contribution < -0.4 is 16.6 Å². The SMILES string of the molecule is CCOC(=O)C(=N/Nc1ccccc1C)/C(C)=N/NC(N)=S. The van der Waals surface area contributed by atoms with Gasteiger partial charge in [0.1, 0.15) is 0 Å². The normalized spacial score (nSPS) is 11.8. The van der Waals surface area contributed by atoms with Gasteiger partial charge in [-0.05, 0) is 44.6 Å². The largest absolute Gasteiger partial charge is 0.461 e. The molecule has 0 aliphatic carbocycles. The first-order valence-electron chi connectivity index (χ1n) is 6.62. The van der Waals surface area contributed by atoms with Gasteiger partial charge in [0.15, 0.2) is 10.8 Å². The molecule has 0 saturated heterocycles. The van der Waals surface area contributed by atoms with Gasteiger partial charge in [-0.3, -0.25) is 10.9 Å². The van der Waals surface area contributed by atoms with Gasteiger partial charge < -0.3 is 10.5 Å². The molecule has 0 aromatic heterocycles. The minimum absolute atomic E-state index is 0.00516. The number of benzene rings is 1. The van der Waals surface area contributed by atoms with Crippen LogP contribution in [0.1, 0.15) is 19.4 Å². The third kappa shape index (κ3) is 5.49. The summed E-state index contributed by atoms with van der Waals surface area (Å²) in [6, 6.07) is 7.55. The number of para-hydroxylation sites is 1. The number of aryl methyl sites for hydroxylation is 1. The molecule has 0 amide bonds. The molecule has 8 heteroatoms. The maximum Gasteiger partial charge on any atom is 0.360 e. The lowest BCUT2D eigenvalue weighted by molar-refractivity contribution is -0.134. The number of esters is 1. The van der Waals surface area contributed by atoms with E-state index >= 15 is 0 Å². The first-order chi connectivity index (χ1) is 10.5. The Morgan fingerprint density at radius 2 is 2.05 bits per heavy atom. The molecular weight excluding hydrogens is 302 g/mol. The van der Waals surface area contributed by atoms with E-state index in [2.05, 4.69) is 33.3 Å². The summed E-state index contributed by atoms with van der Waals surface area (Å²) in [5, 5.41) is 7.97. The Morgan fingerprint density at radius 1 is 1.36 bits per heavy atom. The van der Waals surface area contributed by atoms with Crippen LogP contribution in [0.25, 0.3) is 0 Å². The van der Waals surface area contributed by atoms with Gasteiger partial charge in [0, 0.05) is 0 Å². The third-order valence-electron chi connectivity index (χ3n) is 2.58. The van der Waals surface area contributed by atoms with E-state index in [4.69, 9.17) is 10.5 Å². The van der Waals surface area contributed by atoms with Crippen molar-refractivity contribution < 1.29 is 9.53 Å². The fourth-order valence-corrected chi connectivity index (χ4v) is 1.53. The van der Waals surface area contributed by atoms with Crippen LogP contribution >= 0.6 is 12.2 Å². The summed E-state index contributed by atoms with van der Waals surface area (Å²) in [7, 11) is 0. The van der Waals surface area contributed by atoms with Gasteiger partial charge in [-0.15, -0.1) is 0 Å². The van der Waals surface area contributed by atoms with Crippen molar-refractivity contribution in [1.29, 1.82) is 0 Å². The molecule has 0 heterocycles. The van der Waals surface area contributed by atoms with Crippen LogP contribution in [0.5, 0.6) is 0 Å². The fraction of sp³-hybridized carbons (Fsp3) is 0.286. The van der Waals surface area contributed by atoms with E-state index in [1.165, 1.54) is 0 Å². The molecule has 0 unspecified atom stereocenters. The summed E-state index contributed by atoms with van der Waals surface area (Å²) in [5.74, 6) is -0.588. The topological polar surface area (TPSA) is 101 Å². The van der Waals surface area contributed by atoms with Crippen LogP contribution in [-0.4, -0.2) is 29.1 Å². The molecule has 118 valence electrons. The minimum atomic E-state index is -0.588. The van der Waals surface area contributed by atoms with Gasteiger partial charge in [0.05, 0.1) is 18.0 Å². The lowest BCUT2D eigenvalue weighted by atomic mass is 10.2. The van der Waals surface area contributed by atoms with E-state index in [1.807, 2.05) is 31.2 Å². The number of carbonyl (C=O) groups excluding carboxylic acids is 1. The Hall–Kier alpha value is -2.48. The van der Waals surface area contributed by atoms with Gasteiger partial charge in [0.25, 0.3) is 0 Å². The standard InChI is InChI=1S/C14H19N5O2S/c1-4-21-13(20)12(10(3)16-19-14(15)22)18-17-11-8-6-5-7-9(11)2/h5-8,17H,4H2,1-3H3,(H3,15,19,22)/b16-10+,18-12+. The predicted molar refractivity (Wildman–Crippen MR) is 91.9 cm³/mol. The summed E-state index contributed by atoms with van der Waals surface area (Å²) >= 11 is 4.66. The lowest BCUT2D eigenvalue weighted by Crippen LogP contribution is -2.30. The molecule has 1 aromatic rings. The van der Waals surface area contributed by atoms with Gasteiger partial charge in [-0.25, -0.2) is 4.79 Å². The number of nitrogens with one attached hydrogen (secondary N) is 2. The monoisotopic (exact) mass is 321 g/mol. The van der Waals surface area contributed by atoms with Gasteiger partial charge in [-0.1, -0.05) is 18.2 Å². The average molecular weight is 321 g/mol. The number of ether oxygens (including phenoxy) is 1. The number of hydrogen-bond donors (Lipinski definition) is 3. The summed E-state index contributed by atoms with van der Waals surface area (Å²) in [4.78, 5) is 12.0. The fourth-order valence-electron chi connectivity index (χ4n) is 1.48. The molecule has 0 atom stereocenters. The Bertz CT molecular complexity index is 613. The van der Waals surface area contributed by atoms with Crippen LogP contribution in [0.2, 0.25) is 0 Å². The second-order valence-corrected chi connectivity index (χ2v) is 4.72. The molecule has 0 aliphatic heterocycles. The highest BCUT2D eigenvalue weighted by atomic mass is 32.1. The van der Waals surface area contributed by atoms with Crippen molar-refractivity contribution in [3.8, 4) is 0 Å². The van der Waals surface area contributed by atoms with E-state index in [9.17, 15) is 4.79 Å². The van der Waals surface area contributed by atoms with E-state index in [1.54, 1.807) is 13.8 Å². The first-order valence-corrected chi connectivity index (χ1v) is 7.03. The number of rotatable bonds is 6. The van der Waals surface area contributed by atoms with Gasteiger partial charge in [-0.2, -0.15) is 10.2 Å². The van der Waals surface area contributed by atoms with E-state index in [-0.39, 0.29) is 17.4 Å². The molecule has 0 bridgehead atoms. The number of nitrogens with two attached hydrogens (primary N) is 1. The summed E-state index contributed by atoms with van der Waals surface area (Å²) in [6.07, 6.45) is 0. The van der Waals surface area contributed by atoms with Crippen molar-refractivity contribution in [2.75, 3.05) is 12.0 Å². The zero-order chi connectivity index (χ0) is 16.5. The Labute approximate surface area is 134 Å². The number of hydrogen-bond acceptors (Lipinski definition) is 6. The number of anilines is 1. The van der Waals surface area contributed by atoms with Crippen molar-refractivity contribution >= 4 is 40.4 Å². The molecule has 0 fully saturated rings. The maximum absolute atomic E-state index is 12.0. The molecule has 0 radical (unpaired) electrons. The molecule has 4 N–H and O–H groups in total. The van der Waals surface area contributed by atoms with Crippen LogP contribution in [-0.2, 0) is 9.53 Å². The summed E-state index contributed by atoms with van der Waals surface area (Å²) in [5.41, 5.74) is 12.7. The predicted octanol–water partition coefficient (Wildman–Crippen LogP) is 1.54. The molecular formula is C14H19N5O2S. The van der Waals surface area contributed by atoms with Crippen molar-refractivity contribution in [3.05, 3.63) is 29.8 Å². The zero-order valence-corrected chi connectivity index (χ0v) is 13.5. The van der Waals surface area contributed by atoms with Crippen LogP contribution in [0.15, 0.2) is 34.5 Å². The second-order valence-electron chi connectivity index (χ2n) is 4.28. The first kappa shape index (κ1) is 17.6. The van der Waals surface area contributed by atoms with Crippen molar-refractivity contribution in [2.24, 2.45) is 15.9 Å². The molecule has 1 rings (SSSR count). The number of carbonyl (C=O) groups is 1. The van der Waals surface area contributed by atoms with Crippen LogP contribution in [0.3, 0.4) is 0 Å². The number of thiocarbonyl (C=S) groups is 1. The quantitative estimate of drug-likeness (QED) is 0.318. The third-order valence-corrected chi connectivity index (χ3v) is 2.67. The number of hydrazone groups is 2. The molecule has 1 aromatic carbocycles. The number of nitrogens with zero attached hydrogens (tertiary/aromatic N) is 2. The zero-order valence-electron chi connectivity index (χ0n) is 12.7. The van der Waals surface area contributed by atoms with E-state index in [0.717, 1.165) is 11.3 Å².